The van der Waals surface area contributed by atoms with Gasteiger partial charge in [-0.15, -0.1) is 0 Å². The Morgan fingerprint density at radius 1 is 1.48 bits per heavy atom. The average molecular weight is 287 g/mol. The van der Waals surface area contributed by atoms with E-state index in [1.165, 1.54) is 5.56 Å². The molecule has 0 spiro atoms. The Hall–Kier alpha value is -2.37. The van der Waals surface area contributed by atoms with Gasteiger partial charge in [0.15, 0.2) is 5.82 Å². The molecule has 0 bridgehead atoms. The number of rotatable bonds is 4. The second kappa shape index (κ2) is 5.55. The van der Waals surface area contributed by atoms with Crippen LogP contribution in [0.3, 0.4) is 0 Å². The summed E-state index contributed by atoms with van der Waals surface area (Å²) in [6, 6.07) is 5.58. The van der Waals surface area contributed by atoms with E-state index in [1.807, 2.05) is 25.1 Å². The minimum atomic E-state index is -0.295. The molecule has 1 aromatic carbocycles. The lowest BCUT2D eigenvalue weighted by molar-refractivity contribution is -0.121. The molecule has 3 rings (SSSR count). The van der Waals surface area contributed by atoms with Crippen LogP contribution in [0.1, 0.15) is 35.8 Å². The molecular formula is C15H17N3O3. The van der Waals surface area contributed by atoms with E-state index < -0.39 is 0 Å². The fraction of sp³-hybridized carbons (Fsp3) is 0.400. The zero-order valence-corrected chi connectivity index (χ0v) is 12.0. The van der Waals surface area contributed by atoms with Crippen molar-refractivity contribution in [2.24, 2.45) is 0 Å². The van der Waals surface area contributed by atoms with Gasteiger partial charge in [-0.05, 0) is 31.0 Å². The number of carbonyl (C=O) groups is 1. The van der Waals surface area contributed by atoms with Crippen molar-refractivity contribution in [3.63, 3.8) is 0 Å². The maximum absolute atomic E-state index is 12.1. The summed E-state index contributed by atoms with van der Waals surface area (Å²) in [4.78, 5) is 16.2. The van der Waals surface area contributed by atoms with Gasteiger partial charge >= 0.3 is 0 Å². The van der Waals surface area contributed by atoms with Gasteiger partial charge < -0.3 is 14.6 Å². The van der Waals surface area contributed by atoms with Crippen molar-refractivity contribution in [1.29, 1.82) is 0 Å². The van der Waals surface area contributed by atoms with Gasteiger partial charge in [0.1, 0.15) is 11.8 Å². The zero-order chi connectivity index (χ0) is 14.8. The van der Waals surface area contributed by atoms with Crippen molar-refractivity contribution in [3.8, 4) is 5.75 Å². The number of amides is 1. The Bertz CT molecular complexity index is 666. The first-order chi connectivity index (χ1) is 10.1. The molecule has 1 aromatic heterocycles. The predicted molar refractivity (Wildman–Crippen MR) is 74.9 cm³/mol. The highest BCUT2D eigenvalue weighted by atomic mass is 16.5. The Kier molecular flexibility index (Phi) is 3.60. The van der Waals surface area contributed by atoms with Crippen molar-refractivity contribution in [3.05, 3.63) is 41.0 Å². The first kappa shape index (κ1) is 13.6. The maximum atomic E-state index is 12.1. The van der Waals surface area contributed by atoms with Crippen LogP contribution < -0.4 is 10.1 Å². The van der Waals surface area contributed by atoms with E-state index in [4.69, 9.17) is 9.26 Å². The van der Waals surface area contributed by atoms with Gasteiger partial charge in [-0.25, -0.2) is 0 Å². The van der Waals surface area contributed by atoms with Crippen LogP contribution in [-0.2, 0) is 17.6 Å². The highest BCUT2D eigenvalue weighted by molar-refractivity contribution is 5.79. The summed E-state index contributed by atoms with van der Waals surface area (Å²) in [7, 11) is 0. The van der Waals surface area contributed by atoms with E-state index in [-0.39, 0.29) is 11.9 Å². The Morgan fingerprint density at radius 2 is 2.33 bits per heavy atom. The Labute approximate surface area is 122 Å². The summed E-state index contributed by atoms with van der Waals surface area (Å²) in [5.41, 5.74) is 2.14. The highest BCUT2D eigenvalue weighted by Gasteiger charge is 2.17. The molecular weight excluding hydrogens is 270 g/mol. The lowest BCUT2D eigenvalue weighted by Gasteiger charge is -2.10. The summed E-state index contributed by atoms with van der Waals surface area (Å²) >= 11 is 0. The SMILES string of the molecule is Cc1noc(C(C)NC(=O)Cc2ccc3c(c2)CCO3)n1. The minimum absolute atomic E-state index is 0.0720. The summed E-state index contributed by atoms with van der Waals surface area (Å²) in [5, 5.41) is 6.58. The Balaban J connectivity index is 1.61. The smallest absolute Gasteiger partial charge is 0.248 e. The van der Waals surface area contributed by atoms with E-state index in [0.717, 1.165) is 24.3 Å². The molecule has 2 aromatic rings. The fourth-order valence-electron chi connectivity index (χ4n) is 2.38. The van der Waals surface area contributed by atoms with Crippen LogP contribution in [0, 0.1) is 6.92 Å². The van der Waals surface area contributed by atoms with Crippen LogP contribution in [0.4, 0.5) is 0 Å². The number of benzene rings is 1. The molecule has 21 heavy (non-hydrogen) atoms. The van der Waals surface area contributed by atoms with Gasteiger partial charge in [0, 0.05) is 6.42 Å². The van der Waals surface area contributed by atoms with Gasteiger partial charge in [0.25, 0.3) is 0 Å². The largest absolute Gasteiger partial charge is 0.493 e. The van der Waals surface area contributed by atoms with Crippen molar-refractivity contribution in [2.45, 2.75) is 32.7 Å². The minimum Gasteiger partial charge on any atom is -0.493 e. The molecule has 1 amide bonds. The molecule has 1 unspecified atom stereocenters. The first-order valence-corrected chi connectivity index (χ1v) is 6.96. The third-order valence-corrected chi connectivity index (χ3v) is 3.41. The number of nitrogens with one attached hydrogen (secondary N) is 1. The van der Waals surface area contributed by atoms with Crippen LogP contribution in [0.15, 0.2) is 22.7 Å². The number of hydrogen-bond acceptors (Lipinski definition) is 5. The van der Waals surface area contributed by atoms with Gasteiger partial charge in [0.2, 0.25) is 11.8 Å². The standard InChI is InChI=1S/C15H17N3O3/c1-9(15-17-10(2)18-21-15)16-14(19)8-11-3-4-13-12(7-11)5-6-20-13/h3-4,7,9H,5-6,8H2,1-2H3,(H,16,19). The zero-order valence-electron chi connectivity index (χ0n) is 12.0. The molecule has 1 aliphatic heterocycles. The van der Waals surface area contributed by atoms with Gasteiger partial charge in [0.05, 0.1) is 13.0 Å². The monoisotopic (exact) mass is 287 g/mol. The van der Waals surface area contributed by atoms with E-state index in [0.29, 0.717) is 18.1 Å². The molecule has 1 aliphatic rings. The molecule has 0 saturated carbocycles. The second-order valence-corrected chi connectivity index (χ2v) is 5.19. The van der Waals surface area contributed by atoms with E-state index in [1.54, 1.807) is 6.92 Å². The van der Waals surface area contributed by atoms with Crippen LogP contribution in [0.25, 0.3) is 0 Å². The quantitative estimate of drug-likeness (QED) is 0.926. The van der Waals surface area contributed by atoms with Gasteiger partial charge in [-0.2, -0.15) is 4.98 Å². The molecule has 1 N–H and O–H groups in total. The predicted octanol–water partition coefficient (Wildman–Crippen LogP) is 1.73. The number of hydrogen-bond donors (Lipinski definition) is 1. The normalized spacial score (nSPS) is 14.4. The van der Waals surface area contributed by atoms with Crippen molar-refractivity contribution >= 4 is 5.91 Å². The Morgan fingerprint density at radius 3 is 3.10 bits per heavy atom. The third kappa shape index (κ3) is 3.04. The van der Waals surface area contributed by atoms with Crippen molar-refractivity contribution in [2.75, 3.05) is 6.61 Å². The molecule has 1 atom stereocenters. The van der Waals surface area contributed by atoms with Crippen molar-refractivity contribution < 1.29 is 14.1 Å². The van der Waals surface area contributed by atoms with Crippen LogP contribution in [0.2, 0.25) is 0 Å². The number of aromatic nitrogens is 2. The fourth-order valence-corrected chi connectivity index (χ4v) is 2.38. The number of ether oxygens (including phenoxy) is 1. The number of aryl methyl sites for hydroxylation is 1. The van der Waals surface area contributed by atoms with Gasteiger partial charge in [-0.3, -0.25) is 4.79 Å². The average Bonchev–Trinajstić information content (AvgIpc) is 3.06. The van der Waals surface area contributed by atoms with Crippen LogP contribution >= 0.6 is 0 Å². The molecule has 0 aliphatic carbocycles. The molecule has 110 valence electrons. The maximum Gasteiger partial charge on any atom is 0.248 e. The van der Waals surface area contributed by atoms with E-state index in [9.17, 15) is 4.79 Å². The van der Waals surface area contributed by atoms with Crippen molar-refractivity contribution in [1.82, 2.24) is 15.5 Å². The molecule has 0 saturated heterocycles. The molecule has 0 radical (unpaired) electrons. The molecule has 2 heterocycles. The first-order valence-electron chi connectivity index (χ1n) is 6.96. The van der Waals surface area contributed by atoms with E-state index in [2.05, 4.69) is 15.5 Å². The summed E-state index contributed by atoms with van der Waals surface area (Å²) in [5.74, 6) is 1.83. The summed E-state index contributed by atoms with van der Waals surface area (Å²) < 4.78 is 10.5. The number of nitrogens with zero attached hydrogens (tertiary/aromatic N) is 2. The van der Waals surface area contributed by atoms with Gasteiger partial charge in [-0.1, -0.05) is 17.3 Å². The lowest BCUT2D eigenvalue weighted by Crippen LogP contribution is -2.28. The number of fused-ring (bicyclic) bond motifs is 1. The molecule has 6 nitrogen and oxygen atoms in total. The third-order valence-electron chi connectivity index (χ3n) is 3.41. The van der Waals surface area contributed by atoms with E-state index >= 15 is 0 Å². The lowest BCUT2D eigenvalue weighted by atomic mass is 10.1. The van der Waals surface area contributed by atoms with Crippen LogP contribution in [0.5, 0.6) is 5.75 Å². The molecule has 6 heteroatoms. The highest BCUT2D eigenvalue weighted by Crippen LogP contribution is 2.26. The number of carbonyl (C=O) groups excluding carboxylic acids is 1. The second-order valence-electron chi connectivity index (χ2n) is 5.19. The van der Waals surface area contributed by atoms with Crippen LogP contribution in [-0.4, -0.2) is 22.7 Å². The molecule has 0 fully saturated rings. The topological polar surface area (TPSA) is 77.2 Å². The summed E-state index contributed by atoms with van der Waals surface area (Å²) in [6.45, 7) is 4.29. The summed E-state index contributed by atoms with van der Waals surface area (Å²) in [6.07, 6.45) is 1.23.